The first kappa shape index (κ1) is 9.45. The minimum Gasteiger partial charge on any atom is -0.464 e. The summed E-state index contributed by atoms with van der Waals surface area (Å²) in [5, 5.41) is 1.53. The molecule has 1 aromatic heterocycles. The second-order valence-corrected chi connectivity index (χ2v) is 3.09. The Morgan fingerprint density at radius 3 is 2.87 bits per heavy atom. The van der Waals surface area contributed by atoms with Crippen LogP contribution in [0.1, 0.15) is 10.5 Å². The van der Waals surface area contributed by atoms with Crippen LogP contribution in [-0.2, 0) is 4.74 Å². The number of ether oxygens (including phenoxy) is 1. The van der Waals surface area contributed by atoms with E-state index in [2.05, 4.69) is 9.72 Å². The molecule has 2 rings (SSSR count). The second kappa shape index (κ2) is 3.57. The number of esters is 1. The van der Waals surface area contributed by atoms with E-state index in [-0.39, 0.29) is 0 Å². The predicted molar refractivity (Wildman–Crippen MR) is 57.5 cm³/mol. The summed E-state index contributed by atoms with van der Waals surface area (Å²) >= 11 is 0. The van der Waals surface area contributed by atoms with Gasteiger partial charge in [0.25, 0.3) is 0 Å². The highest BCUT2D eigenvalue weighted by atomic mass is 16.5. The van der Waals surface area contributed by atoms with Crippen LogP contribution in [0, 0.1) is 0 Å². The van der Waals surface area contributed by atoms with Crippen molar-refractivity contribution in [2.75, 3.05) is 12.8 Å². The fraction of sp³-hybridized carbons (Fsp3) is 0.0909. The van der Waals surface area contributed by atoms with Gasteiger partial charge in [0, 0.05) is 22.7 Å². The number of nitrogens with zero attached hydrogens (tertiary/aromatic N) is 1. The largest absolute Gasteiger partial charge is 0.464 e. The van der Waals surface area contributed by atoms with Crippen molar-refractivity contribution in [2.45, 2.75) is 0 Å². The van der Waals surface area contributed by atoms with Gasteiger partial charge in [-0.1, -0.05) is 12.1 Å². The summed E-state index contributed by atoms with van der Waals surface area (Å²) in [5.74, 6) is -0.453. The van der Waals surface area contributed by atoms with Gasteiger partial charge in [-0.2, -0.15) is 0 Å². The third-order valence-electron chi connectivity index (χ3n) is 2.22. The Kier molecular flexibility index (Phi) is 2.25. The van der Waals surface area contributed by atoms with Gasteiger partial charge in [-0.3, -0.25) is 0 Å². The highest BCUT2D eigenvalue weighted by Gasteiger charge is 2.12. The Morgan fingerprint density at radius 1 is 1.33 bits per heavy atom. The van der Waals surface area contributed by atoms with Crippen LogP contribution in [0.4, 0.5) is 5.69 Å². The molecular weight excluding hydrogens is 192 g/mol. The van der Waals surface area contributed by atoms with Crippen molar-refractivity contribution in [1.29, 1.82) is 0 Å². The molecule has 2 aromatic rings. The molecule has 1 aromatic carbocycles. The summed E-state index contributed by atoms with van der Waals surface area (Å²) in [6.07, 6.45) is 1.55. The molecule has 0 atom stereocenters. The Morgan fingerprint density at radius 2 is 2.13 bits per heavy atom. The fourth-order valence-corrected chi connectivity index (χ4v) is 1.49. The Balaban J connectivity index is 2.77. The fourth-order valence-electron chi connectivity index (χ4n) is 1.49. The van der Waals surface area contributed by atoms with Crippen LogP contribution in [0.5, 0.6) is 0 Å². The third-order valence-corrected chi connectivity index (χ3v) is 2.22. The molecule has 0 bridgehead atoms. The van der Waals surface area contributed by atoms with Crippen LogP contribution >= 0.6 is 0 Å². The average Bonchev–Trinajstić information content (AvgIpc) is 2.28. The molecule has 1 heterocycles. The van der Waals surface area contributed by atoms with Crippen molar-refractivity contribution in [3.8, 4) is 0 Å². The maximum atomic E-state index is 11.4. The highest BCUT2D eigenvalue weighted by Crippen LogP contribution is 2.22. The van der Waals surface area contributed by atoms with E-state index < -0.39 is 5.97 Å². The lowest BCUT2D eigenvalue weighted by atomic mass is 10.1. The first-order valence-electron chi connectivity index (χ1n) is 4.45. The number of methoxy groups -OCH3 is 1. The Bertz CT molecular complexity index is 523. The number of carbonyl (C=O) groups is 1. The van der Waals surface area contributed by atoms with Gasteiger partial charge >= 0.3 is 5.97 Å². The van der Waals surface area contributed by atoms with Crippen molar-refractivity contribution >= 4 is 22.4 Å². The number of nitrogen functional groups attached to an aromatic ring is 1. The molecule has 0 amide bonds. The Hall–Kier alpha value is -2.10. The van der Waals surface area contributed by atoms with Crippen molar-refractivity contribution in [2.24, 2.45) is 0 Å². The number of anilines is 1. The van der Waals surface area contributed by atoms with E-state index in [1.807, 2.05) is 0 Å². The van der Waals surface area contributed by atoms with Gasteiger partial charge in [-0.25, -0.2) is 9.78 Å². The first-order valence-corrected chi connectivity index (χ1v) is 4.45. The van der Waals surface area contributed by atoms with Gasteiger partial charge in [0.15, 0.2) is 5.69 Å². The number of rotatable bonds is 1. The zero-order valence-electron chi connectivity index (χ0n) is 8.23. The van der Waals surface area contributed by atoms with Gasteiger partial charge in [0.2, 0.25) is 0 Å². The van der Waals surface area contributed by atoms with Crippen LogP contribution in [0.25, 0.3) is 10.8 Å². The van der Waals surface area contributed by atoms with Gasteiger partial charge in [0.05, 0.1) is 7.11 Å². The summed E-state index contributed by atoms with van der Waals surface area (Å²) in [6, 6.07) is 7.14. The molecule has 0 aliphatic rings. The first-order chi connectivity index (χ1) is 7.24. The van der Waals surface area contributed by atoms with Gasteiger partial charge < -0.3 is 10.5 Å². The smallest absolute Gasteiger partial charge is 0.357 e. The van der Waals surface area contributed by atoms with E-state index in [4.69, 9.17) is 5.73 Å². The average molecular weight is 202 g/mol. The Labute approximate surface area is 86.7 Å². The topological polar surface area (TPSA) is 65.2 Å². The van der Waals surface area contributed by atoms with Gasteiger partial charge in [-0.05, 0) is 12.1 Å². The number of hydrogen-bond acceptors (Lipinski definition) is 4. The molecule has 4 nitrogen and oxygen atoms in total. The number of hydrogen-bond donors (Lipinski definition) is 1. The van der Waals surface area contributed by atoms with Crippen LogP contribution < -0.4 is 5.73 Å². The summed E-state index contributed by atoms with van der Waals surface area (Å²) < 4.78 is 4.64. The summed E-state index contributed by atoms with van der Waals surface area (Å²) in [6.45, 7) is 0. The zero-order chi connectivity index (χ0) is 10.8. The summed E-state index contributed by atoms with van der Waals surface area (Å²) in [4.78, 5) is 15.4. The number of pyridine rings is 1. The lowest BCUT2D eigenvalue weighted by Gasteiger charge is -2.05. The van der Waals surface area contributed by atoms with E-state index in [9.17, 15) is 4.79 Å². The van der Waals surface area contributed by atoms with Crippen molar-refractivity contribution < 1.29 is 9.53 Å². The summed E-state index contributed by atoms with van der Waals surface area (Å²) in [5.41, 5.74) is 6.71. The molecule has 0 unspecified atom stereocenters. The third kappa shape index (κ3) is 1.50. The van der Waals surface area contributed by atoms with Crippen LogP contribution in [-0.4, -0.2) is 18.1 Å². The SMILES string of the molecule is COC(=O)c1nccc2c(N)cccc12. The summed E-state index contributed by atoms with van der Waals surface area (Å²) in [7, 11) is 1.33. The number of fused-ring (bicyclic) bond motifs is 1. The normalized spacial score (nSPS) is 10.2. The minimum absolute atomic E-state index is 0.294. The molecule has 76 valence electrons. The number of benzene rings is 1. The molecule has 2 N–H and O–H groups in total. The second-order valence-electron chi connectivity index (χ2n) is 3.09. The molecule has 0 radical (unpaired) electrons. The zero-order valence-corrected chi connectivity index (χ0v) is 8.23. The maximum absolute atomic E-state index is 11.4. The standard InChI is InChI=1S/C11H10N2O2/c1-15-11(14)10-8-3-2-4-9(12)7(8)5-6-13-10/h2-6H,12H2,1H3. The van der Waals surface area contributed by atoms with Crippen LogP contribution in [0.2, 0.25) is 0 Å². The lowest BCUT2D eigenvalue weighted by molar-refractivity contribution is 0.0596. The molecule has 0 aliphatic carbocycles. The molecule has 0 aliphatic heterocycles. The van der Waals surface area contributed by atoms with Crippen molar-refractivity contribution in [3.05, 3.63) is 36.2 Å². The number of nitrogens with two attached hydrogens (primary N) is 1. The van der Waals surface area contributed by atoms with E-state index in [0.717, 1.165) is 5.39 Å². The van der Waals surface area contributed by atoms with Crippen molar-refractivity contribution in [3.63, 3.8) is 0 Å². The lowest BCUT2D eigenvalue weighted by Crippen LogP contribution is -2.05. The molecular formula is C11H10N2O2. The highest BCUT2D eigenvalue weighted by molar-refractivity contribution is 6.05. The predicted octanol–water partition coefficient (Wildman–Crippen LogP) is 1.60. The minimum atomic E-state index is -0.453. The number of aromatic nitrogens is 1. The monoisotopic (exact) mass is 202 g/mol. The molecule has 0 saturated heterocycles. The van der Waals surface area contributed by atoms with Crippen LogP contribution in [0.15, 0.2) is 30.5 Å². The van der Waals surface area contributed by atoms with Gasteiger partial charge in [-0.15, -0.1) is 0 Å². The van der Waals surface area contributed by atoms with E-state index in [0.29, 0.717) is 16.8 Å². The molecule has 15 heavy (non-hydrogen) atoms. The van der Waals surface area contributed by atoms with E-state index in [1.54, 1.807) is 30.5 Å². The maximum Gasteiger partial charge on any atom is 0.357 e. The molecule has 0 fully saturated rings. The van der Waals surface area contributed by atoms with Crippen molar-refractivity contribution in [1.82, 2.24) is 4.98 Å². The van der Waals surface area contributed by atoms with Crippen LogP contribution in [0.3, 0.4) is 0 Å². The molecule has 0 saturated carbocycles. The molecule has 4 heteroatoms. The van der Waals surface area contributed by atoms with Gasteiger partial charge in [0.1, 0.15) is 0 Å². The quantitative estimate of drug-likeness (QED) is 0.563. The van der Waals surface area contributed by atoms with E-state index >= 15 is 0 Å². The van der Waals surface area contributed by atoms with E-state index in [1.165, 1.54) is 7.11 Å². The molecule has 0 spiro atoms. The number of carbonyl (C=O) groups excluding carboxylic acids is 1.